The lowest BCUT2D eigenvalue weighted by molar-refractivity contribution is 0.819. The molecule has 0 spiro atoms. The van der Waals surface area contributed by atoms with E-state index in [1.807, 2.05) is 67.6 Å². The number of fused-ring (bicyclic) bond motifs is 1. The van der Waals surface area contributed by atoms with Gasteiger partial charge in [0.1, 0.15) is 0 Å². The molecule has 1 heterocycles. The van der Waals surface area contributed by atoms with E-state index in [1.54, 1.807) is 10.6 Å². The van der Waals surface area contributed by atoms with Crippen LogP contribution < -0.4 is 5.56 Å². The minimum absolute atomic E-state index is 0.0952. The Kier molecular flexibility index (Phi) is 5.44. The van der Waals surface area contributed by atoms with Gasteiger partial charge in [-0.3, -0.25) is 9.36 Å². The molecule has 0 aliphatic heterocycles. The Morgan fingerprint density at radius 2 is 1.61 bits per heavy atom. The molecule has 4 rings (SSSR count). The highest BCUT2D eigenvalue weighted by Gasteiger charge is 2.15. The van der Waals surface area contributed by atoms with Crippen LogP contribution in [0.4, 0.5) is 0 Å². The van der Waals surface area contributed by atoms with Crippen molar-refractivity contribution in [3.8, 4) is 5.69 Å². The van der Waals surface area contributed by atoms with Gasteiger partial charge >= 0.3 is 0 Å². The van der Waals surface area contributed by atoms with Gasteiger partial charge in [-0.1, -0.05) is 70.9 Å². The molecule has 4 aromatic rings. The molecule has 1 aromatic heterocycles. The summed E-state index contributed by atoms with van der Waals surface area (Å²) in [5.74, 6) is 0.509. The van der Waals surface area contributed by atoms with Crippen molar-refractivity contribution >= 4 is 45.9 Å². The number of thioether (sulfide) groups is 1. The fourth-order valence-electron chi connectivity index (χ4n) is 2.94. The third-order valence-electron chi connectivity index (χ3n) is 4.44. The number of hydrogen-bond donors (Lipinski definition) is 0. The Bertz CT molecular complexity index is 1200. The second-order valence-corrected chi connectivity index (χ2v) is 8.13. The maximum atomic E-state index is 13.2. The molecule has 3 aromatic carbocycles. The summed E-state index contributed by atoms with van der Waals surface area (Å²) in [5, 5.41) is 2.39. The lowest BCUT2D eigenvalue weighted by Crippen LogP contribution is -2.21. The quantitative estimate of drug-likeness (QED) is 0.284. The maximum absolute atomic E-state index is 13.2. The van der Waals surface area contributed by atoms with Gasteiger partial charge in [-0.05, 0) is 48.9 Å². The molecule has 0 aliphatic carbocycles. The number of halogens is 2. The first-order valence-corrected chi connectivity index (χ1v) is 10.4. The molecular formula is C22H16Cl2N2OS. The first-order valence-electron chi connectivity index (χ1n) is 8.69. The Balaban J connectivity index is 1.85. The standard InChI is InChI=1S/C22H16Cl2N2OS/c1-14-9-11-15(12-10-14)26-21(27)16-5-2-3-8-20(16)25-22(26)28-13-17-18(23)6-4-7-19(17)24/h2-12H,13H2,1H3. The minimum atomic E-state index is -0.0952. The predicted octanol–water partition coefficient (Wildman–Crippen LogP) is 6.29. The van der Waals surface area contributed by atoms with Crippen molar-refractivity contribution < 1.29 is 0 Å². The summed E-state index contributed by atoms with van der Waals surface area (Å²) in [6, 6.07) is 20.6. The molecule has 0 saturated heterocycles. The van der Waals surface area contributed by atoms with Gasteiger partial charge in [0.25, 0.3) is 5.56 Å². The van der Waals surface area contributed by atoms with Gasteiger partial charge in [0, 0.05) is 15.8 Å². The summed E-state index contributed by atoms with van der Waals surface area (Å²) < 4.78 is 1.65. The SMILES string of the molecule is Cc1ccc(-n2c(SCc3c(Cl)cccc3Cl)nc3ccccc3c2=O)cc1. The topological polar surface area (TPSA) is 34.9 Å². The molecular weight excluding hydrogens is 411 g/mol. The van der Waals surface area contributed by atoms with Gasteiger partial charge < -0.3 is 0 Å². The first-order chi connectivity index (χ1) is 13.5. The monoisotopic (exact) mass is 426 g/mol. The molecule has 0 radical (unpaired) electrons. The van der Waals surface area contributed by atoms with E-state index >= 15 is 0 Å². The predicted molar refractivity (Wildman–Crippen MR) is 118 cm³/mol. The average molecular weight is 427 g/mol. The highest BCUT2D eigenvalue weighted by molar-refractivity contribution is 7.98. The van der Waals surface area contributed by atoms with Crippen LogP contribution in [0, 0.1) is 6.92 Å². The first kappa shape index (κ1) is 19.1. The van der Waals surface area contributed by atoms with Crippen molar-refractivity contribution in [1.29, 1.82) is 0 Å². The molecule has 28 heavy (non-hydrogen) atoms. The fraction of sp³-hybridized carbons (Fsp3) is 0.0909. The second kappa shape index (κ2) is 8.00. The van der Waals surface area contributed by atoms with Crippen LogP contribution in [0.15, 0.2) is 76.7 Å². The highest BCUT2D eigenvalue weighted by atomic mass is 35.5. The molecule has 140 valence electrons. The summed E-state index contributed by atoms with van der Waals surface area (Å²) in [6.07, 6.45) is 0. The average Bonchev–Trinajstić information content (AvgIpc) is 2.69. The Hall–Kier alpha value is -2.27. The van der Waals surface area contributed by atoms with E-state index in [9.17, 15) is 4.79 Å². The number of hydrogen-bond acceptors (Lipinski definition) is 3. The van der Waals surface area contributed by atoms with Crippen molar-refractivity contribution in [3.63, 3.8) is 0 Å². The fourth-order valence-corrected chi connectivity index (χ4v) is 4.69. The zero-order valence-corrected chi connectivity index (χ0v) is 17.4. The molecule has 0 saturated carbocycles. The minimum Gasteiger partial charge on any atom is -0.268 e. The smallest absolute Gasteiger partial charge is 0.266 e. The van der Waals surface area contributed by atoms with Crippen LogP contribution in [0.5, 0.6) is 0 Å². The van der Waals surface area contributed by atoms with Gasteiger partial charge in [0.2, 0.25) is 0 Å². The molecule has 0 atom stereocenters. The van der Waals surface area contributed by atoms with E-state index in [4.69, 9.17) is 28.2 Å². The number of para-hydroxylation sites is 1. The maximum Gasteiger partial charge on any atom is 0.266 e. The zero-order chi connectivity index (χ0) is 19.7. The van der Waals surface area contributed by atoms with E-state index in [2.05, 4.69) is 0 Å². The molecule has 6 heteroatoms. The summed E-state index contributed by atoms with van der Waals surface area (Å²) in [6.45, 7) is 2.01. The summed E-state index contributed by atoms with van der Waals surface area (Å²) >= 11 is 14.1. The van der Waals surface area contributed by atoms with Crippen molar-refractivity contribution in [1.82, 2.24) is 9.55 Å². The van der Waals surface area contributed by atoms with E-state index < -0.39 is 0 Å². The van der Waals surface area contributed by atoms with Crippen LogP contribution in [-0.2, 0) is 5.75 Å². The van der Waals surface area contributed by atoms with Gasteiger partial charge in [0.05, 0.1) is 16.6 Å². The summed E-state index contributed by atoms with van der Waals surface area (Å²) in [4.78, 5) is 18.0. The molecule has 0 aliphatic rings. The normalized spacial score (nSPS) is 11.1. The summed E-state index contributed by atoms with van der Waals surface area (Å²) in [5.41, 5.74) is 3.31. The summed E-state index contributed by atoms with van der Waals surface area (Å²) in [7, 11) is 0. The van der Waals surface area contributed by atoms with Crippen molar-refractivity contribution in [3.05, 3.63) is 98.3 Å². The van der Waals surface area contributed by atoms with E-state index in [0.29, 0.717) is 31.9 Å². The van der Waals surface area contributed by atoms with E-state index in [1.165, 1.54) is 11.8 Å². The molecule has 0 fully saturated rings. The lowest BCUT2D eigenvalue weighted by Gasteiger charge is -2.14. The van der Waals surface area contributed by atoms with Crippen LogP contribution in [0.3, 0.4) is 0 Å². The molecule has 0 amide bonds. The van der Waals surface area contributed by atoms with Crippen LogP contribution >= 0.6 is 35.0 Å². The lowest BCUT2D eigenvalue weighted by atomic mass is 10.2. The van der Waals surface area contributed by atoms with Gasteiger partial charge in [-0.2, -0.15) is 0 Å². The molecule has 0 N–H and O–H groups in total. The van der Waals surface area contributed by atoms with Crippen LogP contribution in [0.25, 0.3) is 16.6 Å². The highest BCUT2D eigenvalue weighted by Crippen LogP contribution is 2.31. The van der Waals surface area contributed by atoms with Crippen LogP contribution in [0.1, 0.15) is 11.1 Å². The molecule has 0 unspecified atom stereocenters. The third kappa shape index (κ3) is 3.68. The van der Waals surface area contributed by atoms with Gasteiger partial charge in [-0.25, -0.2) is 4.98 Å². The van der Waals surface area contributed by atoms with Crippen LogP contribution in [-0.4, -0.2) is 9.55 Å². The molecule has 3 nitrogen and oxygen atoms in total. The zero-order valence-electron chi connectivity index (χ0n) is 15.0. The Morgan fingerprint density at radius 1 is 0.929 bits per heavy atom. The number of aryl methyl sites for hydroxylation is 1. The van der Waals surface area contributed by atoms with Crippen molar-refractivity contribution in [2.45, 2.75) is 17.8 Å². The van der Waals surface area contributed by atoms with Gasteiger partial charge in [-0.15, -0.1) is 0 Å². The number of rotatable bonds is 4. The van der Waals surface area contributed by atoms with Crippen molar-refractivity contribution in [2.75, 3.05) is 0 Å². The third-order valence-corrected chi connectivity index (χ3v) is 6.12. The van der Waals surface area contributed by atoms with Gasteiger partial charge in [0.15, 0.2) is 5.16 Å². The number of nitrogens with zero attached hydrogens (tertiary/aromatic N) is 2. The number of benzene rings is 3. The van der Waals surface area contributed by atoms with Crippen molar-refractivity contribution in [2.24, 2.45) is 0 Å². The Morgan fingerprint density at radius 3 is 2.32 bits per heavy atom. The van der Waals surface area contributed by atoms with Crippen LogP contribution in [0.2, 0.25) is 10.0 Å². The number of aromatic nitrogens is 2. The second-order valence-electron chi connectivity index (χ2n) is 6.38. The molecule has 0 bridgehead atoms. The Labute approximate surface area is 176 Å². The van der Waals surface area contributed by atoms with E-state index in [0.717, 1.165) is 16.8 Å². The van der Waals surface area contributed by atoms with E-state index in [-0.39, 0.29) is 5.56 Å². The largest absolute Gasteiger partial charge is 0.268 e.